The van der Waals surface area contributed by atoms with E-state index in [1.54, 1.807) is 12.4 Å². The number of aromatic nitrogens is 2. The van der Waals surface area contributed by atoms with Crippen LogP contribution < -0.4 is 11.1 Å². The quantitative estimate of drug-likeness (QED) is 0.557. The van der Waals surface area contributed by atoms with E-state index in [0.29, 0.717) is 38.2 Å². The zero-order chi connectivity index (χ0) is 23.6. The normalized spacial score (nSPS) is 15.8. The minimum atomic E-state index is -4.81. The summed E-state index contributed by atoms with van der Waals surface area (Å²) in [5.41, 5.74) is 5.40. The lowest BCUT2D eigenvalue weighted by Crippen LogP contribution is -2.44. The molecule has 33 heavy (non-hydrogen) atoms. The zero-order valence-corrected chi connectivity index (χ0v) is 17.3. The topological polar surface area (TPSA) is 90.1 Å². The predicted octanol–water partition coefficient (Wildman–Crippen LogP) is 4.57. The van der Waals surface area contributed by atoms with Crippen LogP contribution in [0.3, 0.4) is 0 Å². The first-order valence-electron chi connectivity index (χ1n) is 10.1. The van der Waals surface area contributed by atoms with Crippen molar-refractivity contribution < 1.29 is 27.1 Å². The van der Waals surface area contributed by atoms with Crippen LogP contribution in [0.5, 0.6) is 0 Å². The van der Waals surface area contributed by atoms with Crippen molar-refractivity contribution in [2.24, 2.45) is 0 Å². The van der Waals surface area contributed by atoms with Gasteiger partial charge in [-0.1, -0.05) is 24.3 Å². The number of anilines is 2. The summed E-state index contributed by atoms with van der Waals surface area (Å²) in [7, 11) is 0. The number of amides is 1. The monoisotopic (exact) mass is 460 g/mol. The van der Waals surface area contributed by atoms with Crippen LogP contribution in [0.1, 0.15) is 24.0 Å². The summed E-state index contributed by atoms with van der Waals surface area (Å²) in [5.74, 6) is -1.72. The maximum Gasteiger partial charge on any atom is 0.419 e. The number of nitrogens with two attached hydrogens (primary N) is 1. The van der Waals surface area contributed by atoms with E-state index >= 15 is 0 Å². The van der Waals surface area contributed by atoms with Crippen molar-refractivity contribution in [3.8, 4) is 11.1 Å². The number of carbonyl (C=O) groups is 1. The van der Waals surface area contributed by atoms with Gasteiger partial charge in [0.15, 0.2) is 0 Å². The highest BCUT2D eigenvalue weighted by molar-refractivity contribution is 5.99. The number of alkyl halides is 3. The van der Waals surface area contributed by atoms with E-state index in [0.717, 1.165) is 22.8 Å². The molecular weight excluding hydrogens is 440 g/mol. The number of nitrogens with one attached hydrogen (secondary N) is 1. The van der Waals surface area contributed by atoms with Crippen LogP contribution >= 0.6 is 0 Å². The number of hydrogen-bond acceptors (Lipinski definition) is 5. The molecule has 2 aromatic carbocycles. The molecule has 3 aromatic rings. The number of nitrogen functional groups attached to an aromatic ring is 1. The third-order valence-corrected chi connectivity index (χ3v) is 5.76. The SMILES string of the molecule is Nc1ncc(-c2ccc(C3(C(=O)Nc4ccc(C(F)(F)F)c(F)c4)CCOCC3)cc2)cn1. The first-order chi connectivity index (χ1) is 15.7. The van der Waals surface area contributed by atoms with Crippen molar-refractivity contribution in [1.82, 2.24) is 9.97 Å². The van der Waals surface area contributed by atoms with Crippen molar-refractivity contribution in [3.63, 3.8) is 0 Å². The number of rotatable bonds is 4. The van der Waals surface area contributed by atoms with Gasteiger partial charge in [0, 0.05) is 36.9 Å². The zero-order valence-electron chi connectivity index (χ0n) is 17.3. The molecule has 4 rings (SSSR count). The molecule has 1 amide bonds. The molecule has 3 N–H and O–H groups in total. The van der Waals surface area contributed by atoms with Crippen molar-refractivity contribution in [2.45, 2.75) is 24.4 Å². The number of hydrogen-bond donors (Lipinski definition) is 2. The summed E-state index contributed by atoms with van der Waals surface area (Å²) in [6, 6.07) is 9.61. The average Bonchev–Trinajstić information content (AvgIpc) is 2.79. The number of ether oxygens (including phenoxy) is 1. The highest BCUT2D eigenvalue weighted by Crippen LogP contribution is 2.38. The van der Waals surface area contributed by atoms with E-state index in [1.807, 2.05) is 24.3 Å². The molecule has 0 unspecified atom stereocenters. The largest absolute Gasteiger partial charge is 0.419 e. The predicted molar refractivity (Wildman–Crippen MR) is 114 cm³/mol. The van der Waals surface area contributed by atoms with E-state index in [2.05, 4.69) is 15.3 Å². The third kappa shape index (κ3) is 4.65. The van der Waals surface area contributed by atoms with Crippen LogP contribution in [-0.4, -0.2) is 29.1 Å². The Bertz CT molecular complexity index is 1140. The van der Waals surface area contributed by atoms with Gasteiger partial charge in [-0.25, -0.2) is 14.4 Å². The van der Waals surface area contributed by atoms with Gasteiger partial charge in [-0.3, -0.25) is 4.79 Å². The molecule has 0 radical (unpaired) electrons. The second kappa shape index (κ2) is 8.78. The highest BCUT2D eigenvalue weighted by atomic mass is 19.4. The molecule has 1 saturated heterocycles. The maximum absolute atomic E-state index is 14.0. The van der Waals surface area contributed by atoms with E-state index < -0.39 is 28.9 Å². The Morgan fingerprint density at radius 3 is 2.21 bits per heavy atom. The van der Waals surface area contributed by atoms with Gasteiger partial charge in [-0.15, -0.1) is 0 Å². The number of nitrogens with zero attached hydrogens (tertiary/aromatic N) is 2. The van der Waals surface area contributed by atoms with Crippen molar-refractivity contribution in [1.29, 1.82) is 0 Å². The molecule has 6 nitrogen and oxygen atoms in total. The standard InChI is InChI=1S/C23H20F4N4O2/c24-19-11-17(5-6-18(19)23(25,26)27)31-20(32)22(7-9-33-10-8-22)16-3-1-14(2-4-16)15-12-29-21(28)30-13-15/h1-6,11-13H,7-10H2,(H,31,32)(H2,28,29,30). The number of benzene rings is 2. The molecule has 1 aromatic heterocycles. The fourth-order valence-electron chi connectivity index (χ4n) is 3.91. The van der Waals surface area contributed by atoms with Crippen LogP contribution in [0.4, 0.5) is 29.2 Å². The van der Waals surface area contributed by atoms with Crippen LogP contribution in [0, 0.1) is 5.82 Å². The van der Waals surface area contributed by atoms with Gasteiger partial charge in [0.25, 0.3) is 0 Å². The lowest BCUT2D eigenvalue weighted by Gasteiger charge is -2.36. The van der Waals surface area contributed by atoms with Gasteiger partial charge in [0.2, 0.25) is 11.9 Å². The Balaban J connectivity index is 1.61. The van der Waals surface area contributed by atoms with E-state index in [4.69, 9.17) is 10.5 Å². The van der Waals surface area contributed by atoms with E-state index in [9.17, 15) is 22.4 Å². The van der Waals surface area contributed by atoms with E-state index in [1.165, 1.54) is 0 Å². The van der Waals surface area contributed by atoms with Gasteiger partial charge < -0.3 is 15.8 Å². The Morgan fingerprint density at radius 2 is 1.64 bits per heavy atom. The summed E-state index contributed by atoms with van der Waals surface area (Å²) in [5, 5.41) is 2.59. The van der Waals surface area contributed by atoms with Gasteiger partial charge in [0.1, 0.15) is 5.82 Å². The minimum absolute atomic E-state index is 0.0491. The lowest BCUT2D eigenvalue weighted by molar-refractivity contribution is -0.140. The molecule has 0 saturated carbocycles. The number of carbonyl (C=O) groups excluding carboxylic acids is 1. The summed E-state index contributed by atoms with van der Waals surface area (Å²) < 4.78 is 57.9. The molecule has 172 valence electrons. The second-order valence-electron chi connectivity index (χ2n) is 7.75. The Kier molecular flexibility index (Phi) is 6.03. The first kappa shape index (κ1) is 22.7. The van der Waals surface area contributed by atoms with Crippen LogP contribution in [0.15, 0.2) is 54.9 Å². The maximum atomic E-state index is 14.0. The lowest BCUT2D eigenvalue weighted by atomic mass is 9.73. The van der Waals surface area contributed by atoms with Gasteiger partial charge in [-0.2, -0.15) is 13.2 Å². The Hall–Kier alpha value is -3.53. The van der Waals surface area contributed by atoms with Crippen LogP contribution in [0.2, 0.25) is 0 Å². The average molecular weight is 460 g/mol. The molecule has 1 aliphatic heterocycles. The third-order valence-electron chi connectivity index (χ3n) is 5.76. The fourth-order valence-corrected chi connectivity index (χ4v) is 3.91. The molecule has 1 fully saturated rings. The van der Waals surface area contributed by atoms with Gasteiger partial charge in [0.05, 0.1) is 11.0 Å². The van der Waals surface area contributed by atoms with Crippen molar-refractivity contribution in [3.05, 3.63) is 71.8 Å². The minimum Gasteiger partial charge on any atom is -0.381 e. The highest BCUT2D eigenvalue weighted by Gasteiger charge is 2.42. The molecule has 0 atom stereocenters. The molecular formula is C23H20F4N4O2. The number of halogens is 4. The first-order valence-corrected chi connectivity index (χ1v) is 10.1. The van der Waals surface area contributed by atoms with Crippen LogP contribution in [-0.2, 0) is 21.1 Å². The summed E-state index contributed by atoms with van der Waals surface area (Å²) >= 11 is 0. The molecule has 0 bridgehead atoms. The van der Waals surface area contributed by atoms with Crippen LogP contribution in [0.25, 0.3) is 11.1 Å². The smallest absolute Gasteiger partial charge is 0.381 e. The van der Waals surface area contributed by atoms with Crippen molar-refractivity contribution in [2.75, 3.05) is 24.3 Å². The van der Waals surface area contributed by atoms with Crippen molar-refractivity contribution >= 4 is 17.5 Å². The molecule has 0 aliphatic carbocycles. The Labute approximate surface area is 186 Å². The summed E-state index contributed by atoms with van der Waals surface area (Å²) in [6.07, 6.45) is -0.898. The Morgan fingerprint density at radius 1 is 1.00 bits per heavy atom. The van der Waals surface area contributed by atoms with E-state index in [-0.39, 0.29) is 11.6 Å². The fraction of sp³-hybridized carbons (Fsp3) is 0.261. The summed E-state index contributed by atoms with van der Waals surface area (Å²) in [6.45, 7) is 0.671. The molecule has 10 heteroatoms. The van der Waals surface area contributed by atoms with Gasteiger partial charge in [-0.05, 0) is 42.2 Å². The van der Waals surface area contributed by atoms with Gasteiger partial charge >= 0.3 is 6.18 Å². The second-order valence-corrected chi connectivity index (χ2v) is 7.75. The summed E-state index contributed by atoms with van der Waals surface area (Å²) in [4.78, 5) is 21.3. The molecule has 2 heterocycles. The molecule has 1 aliphatic rings. The molecule has 0 spiro atoms.